The van der Waals surface area contributed by atoms with Gasteiger partial charge in [-0.25, -0.2) is 15.0 Å². The number of imidazole rings is 1. The van der Waals surface area contributed by atoms with Crippen LogP contribution in [0.5, 0.6) is 0 Å². The van der Waals surface area contributed by atoms with E-state index in [1.54, 1.807) is 28.9 Å². The highest BCUT2D eigenvalue weighted by Crippen LogP contribution is 2.25. The first-order valence-corrected chi connectivity index (χ1v) is 5.73. The second-order valence-electron chi connectivity index (χ2n) is 3.80. The number of hydrogen-bond acceptors (Lipinski definition) is 5. The van der Waals surface area contributed by atoms with Crippen LogP contribution in [0, 0.1) is 11.3 Å². The Balaban J connectivity index is 2.34. The summed E-state index contributed by atoms with van der Waals surface area (Å²) in [6.07, 6.45) is 4.79. The molecule has 0 aliphatic rings. The summed E-state index contributed by atoms with van der Waals surface area (Å²) in [6.45, 7) is 0. The van der Waals surface area contributed by atoms with Crippen molar-refractivity contribution in [1.82, 2.24) is 19.4 Å². The van der Waals surface area contributed by atoms with Crippen molar-refractivity contribution < 1.29 is 0 Å². The molecule has 0 radical (unpaired) electrons. The van der Waals surface area contributed by atoms with E-state index in [1.807, 2.05) is 6.07 Å². The molecule has 0 saturated carbocycles. The Hall–Kier alpha value is -2.65. The van der Waals surface area contributed by atoms with Crippen molar-refractivity contribution in [2.45, 2.75) is 0 Å². The van der Waals surface area contributed by atoms with E-state index < -0.39 is 0 Å². The molecule has 2 N–H and O–H groups in total. The van der Waals surface area contributed by atoms with Gasteiger partial charge in [0.25, 0.3) is 0 Å². The summed E-state index contributed by atoms with van der Waals surface area (Å²) in [5, 5.41) is 9.63. The van der Waals surface area contributed by atoms with Gasteiger partial charge in [-0.3, -0.25) is 4.40 Å². The largest absolute Gasteiger partial charge is 0.368 e. The number of rotatable bonds is 1. The molecular weight excluding hydrogens is 264 g/mol. The van der Waals surface area contributed by atoms with Crippen molar-refractivity contribution in [3.05, 3.63) is 41.3 Å². The lowest BCUT2D eigenvalue weighted by Crippen LogP contribution is -2.00. The van der Waals surface area contributed by atoms with E-state index in [2.05, 4.69) is 15.0 Å². The number of anilines is 1. The standard InChI is InChI=1S/C12H7ClN6/c13-8-2-1-3-19-9(6-16-11(8)19)10-7(4-14)5-17-12(15)18-10/h1-3,5-6H,(H2,15,17,18). The molecule has 3 aromatic rings. The minimum Gasteiger partial charge on any atom is -0.368 e. The molecule has 6 nitrogen and oxygen atoms in total. The zero-order chi connectivity index (χ0) is 13.4. The third-order valence-corrected chi connectivity index (χ3v) is 2.95. The molecule has 92 valence electrons. The molecule has 3 heterocycles. The highest BCUT2D eigenvalue weighted by atomic mass is 35.5. The Morgan fingerprint density at radius 2 is 2.16 bits per heavy atom. The number of nitrogens with zero attached hydrogens (tertiary/aromatic N) is 5. The van der Waals surface area contributed by atoms with Crippen molar-refractivity contribution in [3.63, 3.8) is 0 Å². The first kappa shape index (κ1) is 11.4. The average Bonchev–Trinajstić information content (AvgIpc) is 2.84. The Kier molecular flexibility index (Phi) is 2.54. The Morgan fingerprint density at radius 3 is 2.95 bits per heavy atom. The van der Waals surface area contributed by atoms with Gasteiger partial charge in [-0.15, -0.1) is 0 Å². The van der Waals surface area contributed by atoms with Gasteiger partial charge in [-0.1, -0.05) is 11.6 Å². The Labute approximate surface area is 113 Å². The molecule has 3 rings (SSSR count). The van der Waals surface area contributed by atoms with E-state index in [0.717, 1.165) is 0 Å². The molecule has 0 bridgehead atoms. The third-order valence-electron chi connectivity index (χ3n) is 2.66. The van der Waals surface area contributed by atoms with Crippen LogP contribution in [-0.2, 0) is 0 Å². The first-order valence-electron chi connectivity index (χ1n) is 5.35. The van der Waals surface area contributed by atoms with Crippen LogP contribution in [0.2, 0.25) is 5.02 Å². The topological polar surface area (TPSA) is 92.9 Å². The first-order chi connectivity index (χ1) is 9.20. The quantitative estimate of drug-likeness (QED) is 0.729. The summed E-state index contributed by atoms with van der Waals surface area (Å²) >= 11 is 6.06. The average molecular weight is 271 g/mol. The Morgan fingerprint density at radius 1 is 1.32 bits per heavy atom. The van der Waals surface area contributed by atoms with Crippen molar-refractivity contribution in [1.29, 1.82) is 5.26 Å². The molecule has 7 heteroatoms. The predicted octanol–water partition coefficient (Wildman–Crippen LogP) is 1.90. The molecule has 3 aromatic heterocycles. The van der Waals surface area contributed by atoms with Crippen molar-refractivity contribution in [3.8, 4) is 17.5 Å². The van der Waals surface area contributed by atoms with Gasteiger partial charge in [-0.2, -0.15) is 5.26 Å². The van der Waals surface area contributed by atoms with Crippen LogP contribution in [0.15, 0.2) is 30.7 Å². The second-order valence-corrected chi connectivity index (χ2v) is 4.20. The van der Waals surface area contributed by atoms with Crippen molar-refractivity contribution >= 4 is 23.2 Å². The molecule has 0 aromatic carbocycles. The summed E-state index contributed by atoms with van der Waals surface area (Å²) in [6, 6.07) is 5.57. The maximum atomic E-state index is 9.11. The van der Waals surface area contributed by atoms with Gasteiger partial charge in [-0.05, 0) is 12.1 Å². The normalized spacial score (nSPS) is 10.5. The lowest BCUT2D eigenvalue weighted by Gasteiger charge is -2.04. The molecule has 0 fully saturated rings. The third kappa shape index (κ3) is 1.77. The van der Waals surface area contributed by atoms with Crippen LogP contribution in [0.4, 0.5) is 5.95 Å². The molecule has 0 spiro atoms. The maximum absolute atomic E-state index is 9.11. The number of pyridine rings is 1. The van der Waals surface area contributed by atoms with Gasteiger partial charge < -0.3 is 5.73 Å². The van der Waals surface area contributed by atoms with E-state index in [-0.39, 0.29) is 5.95 Å². The second kappa shape index (κ2) is 4.23. The lowest BCUT2D eigenvalue weighted by molar-refractivity contribution is 1.13. The summed E-state index contributed by atoms with van der Waals surface area (Å²) in [4.78, 5) is 12.1. The van der Waals surface area contributed by atoms with E-state index in [1.165, 1.54) is 6.20 Å². The minimum absolute atomic E-state index is 0.103. The molecule has 0 amide bonds. The number of nitrogens with two attached hydrogens (primary N) is 1. The fraction of sp³-hybridized carbons (Fsp3) is 0. The SMILES string of the molecule is N#Cc1cnc(N)nc1-c1cnc2c(Cl)cccn12. The molecule has 0 aliphatic heterocycles. The number of hydrogen-bond donors (Lipinski definition) is 1. The number of aromatic nitrogens is 4. The zero-order valence-corrected chi connectivity index (χ0v) is 10.3. The van der Waals surface area contributed by atoms with Crippen LogP contribution in [-0.4, -0.2) is 19.4 Å². The zero-order valence-electron chi connectivity index (χ0n) is 9.58. The van der Waals surface area contributed by atoms with Gasteiger partial charge in [0.1, 0.15) is 11.8 Å². The summed E-state index contributed by atoms with van der Waals surface area (Å²) in [5.41, 5.74) is 7.58. The van der Waals surface area contributed by atoms with E-state index in [4.69, 9.17) is 22.6 Å². The fourth-order valence-corrected chi connectivity index (χ4v) is 2.04. The highest BCUT2D eigenvalue weighted by Gasteiger charge is 2.14. The number of fused-ring (bicyclic) bond motifs is 1. The molecule has 0 atom stereocenters. The predicted molar refractivity (Wildman–Crippen MR) is 70.4 cm³/mol. The molecule has 0 saturated heterocycles. The lowest BCUT2D eigenvalue weighted by atomic mass is 10.2. The monoisotopic (exact) mass is 270 g/mol. The molecular formula is C12H7ClN6. The van der Waals surface area contributed by atoms with Crippen molar-refractivity contribution in [2.24, 2.45) is 0 Å². The van der Waals surface area contributed by atoms with Gasteiger partial charge in [0.2, 0.25) is 5.95 Å². The number of halogens is 1. The van der Waals surface area contributed by atoms with E-state index >= 15 is 0 Å². The smallest absolute Gasteiger partial charge is 0.220 e. The van der Waals surface area contributed by atoms with Crippen LogP contribution in [0.1, 0.15) is 5.56 Å². The van der Waals surface area contributed by atoms with Gasteiger partial charge in [0.05, 0.1) is 28.7 Å². The Bertz CT molecular complexity index is 817. The molecule has 19 heavy (non-hydrogen) atoms. The number of nitriles is 1. The fourth-order valence-electron chi connectivity index (χ4n) is 1.82. The minimum atomic E-state index is 0.103. The maximum Gasteiger partial charge on any atom is 0.220 e. The van der Waals surface area contributed by atoms with Crippen LogP contribution >= 0.6 is 11.6 Å². The van der Waals surface area contributed by atoms with Crippen LogP contribution in [0.3, 0.4) is 0 Å². The number of nitrogen functional groups attached to an aromatic ring is 1. The van der Waals surface area contributed by atoms with Crippen LogP contribution in [0.25, 0.3) is 17.0 Å². The highest BCUT2D eigenvalue weighted by molar-refractivity contribution is 6.33. The summed E-state index contributed by atoms with van der Waals surface area (Å²) < 4.78 is 1.75. The molecule has 0 unspecified atom stereocenters. The van der Waals surface area contributed by atoms with Gasteiger partial charge >= 0.3 is 0 Å². The van der Waals surface area contributed by atoms with Crippen LogP contribution < -0.4 is 5.73 Å². The molecule has 0 aliphatic carbocycles. The summed E-state index contributed by atoms with van der Waals surface area (Å²) in [7, 11) is 0. The van der Waals surface area contributed by atoms with Gasteiger partial charge in [0, 0.05) is 6.20 Å². The van der Waals surface area contributed by atoms with Gasteiger partial charge in [0.15, 0.2) is 5.65 Å². The van der Waals surface area contributed by atoms with E-state index in [9.17, 15) is 0 Å². The van der Waals surface area contributed by atoms with Crippen molar-refractivity contribution in [2.75, 3.05) is 5.73 Å². The van der Waals surface area contributed by atoms with E-state index in [0.29, 0.717) is 27.6 Å². The summed E-state index contributed by atoms with van der Waals surface area (Å²) in [5.74, 6) is 0.103.